The van der Waals surface area contributed by atoms with E-state index in [1.165, 1.54) is 5.56 Å². The standard InChI is InChI=1S/C9H12BrN/c1-6(2)8-4-7(3)11-5-9(8)10/h4-6H,1-3H3. The van der Waals surface area contributed by atoms with Gasteiger partial charge in [0.25, 0.3) is 0 Å². The molecule has 0 aliphatic rings. The molecule has 1 nitrogen and oxygen atoms in total. The molecule has 1 heterocycles. The summed E-state index contributed by atoms with van der Waals surface area (Å²) in [6.07, 6.45) is 1.87. The van der Waals surface area contributed by atoms with Crippen molar-refractivity contribution in [3.8, 4) is 0 Å². The zero-order valence-electron chi connectivity index (χ0n) is 7.06. The number of hydrogen-bond acceptors (Lipinski definition) is 1. The topological polar surface area (TPSA) is 12.9 Å². The average molecular weight is 214 g/mol. The highest BCUT2D eigenvalue weighted by Gasteiger charge is 2.04. The van der Waals surface area contributed by atoms with Gasteiger partial charge in [0.2, 0.25) is 0 Å². The minimum atomic E-state index is 0.561. The lowest BCUT2D eigenvalue weighted by Crippen LogP contribution is -1.91. The Morgan fingerprint density at radius 2 is 2.09 bits per heavy atom. The molecule has 0 bridgehead atoms. The Balaban J connectivity index is 3.13. The van der Waals surface area contributed by atoms with E-state index in [4.69, 9.17) is 0 Å². The van der Waals surface area contributed by atoms with Crippen LogP contribution in [0.1, 0.15) is 31.0 Å². The highest BCUT2D eigenvalue weighted by Crippen LogP contribution is 2.23. The van der Waals surface area contributed by atoms with Crippen LogP contribution in [0.2, 0.25) is 0 Å². The first-order valence-corrected chi connectivity index (χ1v) is 4.52. The Hall–Kier alpha value is -0.370. The predicted molar refractivity (Wildman–Crippen MR) is 50.8 cm³/mol. The van der Waals surface area contributed by atoms with Gasteiger partial charge in [0, 0.05) is 16.4 Å². The lowest BCUT2D eigenvalue weighted by Gasteiger charge is -2.07. The Morgan fingerprint density at radius 3 is 2.55 bits per heavy atom. The summed E-state index contributed by atoms with van der Waals surface area (Å²) >= 11 is 3.47. The highest BCUT2D eigenvalue weighted by atomic mass is 79.9. The molecule has 0 saturated heterocycles. The lowest BCUT2D eigenvalue weighted by atomic mass is 10.0. The number of halogens is 1. The number of nitrogens with zero attached hydrogens (tertiary/aromatic N) is 1. The Kier molecular flexibility index (Phi) is 2.66. The number of pyridine rings is 1. The molecule has 60 valence electrons. The van der Waals surface area contributed by atoms with E-state index < -0.39 is 0 Å². The van der Waals surface area contributed by atoms with Crippen LogP contribution in [-0.4, -0.2) is 4.98 Å². The van der Waals surface area contributed by atoms with Crippen molar-refractivity contribution >= 4 is 15.9 Å². The molecule has 1 aromatic rings. The van der Waals surface area contributed by atoms with Gasteiger partial charge < -0.3 is 0 Å². The second kappa shape index (κ2) is 3.35. The van der Waals surface area contributed by atoms with Crippen LogP contribution in [0.25, 0.3) is 0 Å². The number of aryl methyl sites for hydroxylation is 1. The molecule has 0 unspecified atom stereocenters. The summed E-state index contributed by atoms with van der Waals surface area (Å²) in [5.41, 5.74) is 2.41. The minimum absolute atomic E-state index is 0.561. The maximum Gasteiger partial charge on any atom is 0.0416 e. The SMILES string of the molecule is Cc1cc(C(C)C)c(Br)cn1. The number of hydrogen-bond donors (Lipinski definition) is 0. The molecule has 0 aliphatic carbocycles. The Bertz CT molecular complexity index is 256. The fourth-order valence-electron chi connectivity index (χ4n) is 1.01. The molecule has 1 rings (SSSR count). The largest absolute Gasteiger partial charge is 0.260 e. The van der Waals surface area contributed by atoms with E-state index >= 15 is 0 Å². The van der Waals surface area contributed by atoms with E-state index in [0.29, 0.717) is 5.92 Å². The third-order valence-electron chi connectivity index (χ3n) is 1.64. The summed E-state index contributed by atoms with van der Waals surface area (Å²) in [5.74, 6) is 0.561. The minimum Gasteiger partial charge on any atom is -0.260 e. The third kappa shape index (κ3) is 2.03. The van der Waals surface area contributed by atoms with Gasteiger partial charge >= 0.3 is 0 Å². The smallest absolute Gasteiger partial charge is 0.0416 e. The summed E-state index contributed by atoms with van der Waals surface area (Å²) in [7, 11) is 0. The van der Waals surface area contributed by atoms with Crippen molar-refractivity contribution in [3.05, 3.63) is 28.0 Å². The van der Waals surface area contributed by atoms with E-state index in [1.54, 1.807) is 0 Å². The zero-order chi connectivity index (χ0) is 8.43. The fourth-order valence-corrected chi connectivity index (χ4v) is 1.68. The van der Waals surface area contributed by atoms with E-state index in [-0.39, 0.29) is 0 Å². The fraction of sp³-hybridized carbons (Fsp3) is 0.444. The van der Waals surface area contributed by atoms with Crippen LogP contribution in [0, 0.1) is 6.92 Å². The van der Waals surface area contributed by atoms with E-state index in [1.807, 2.05) is 13.1 Å². The summed E-state index contributed by atoms with van der Waals surface area (Å²) in [4.78, 5) is 4.17. The van der Waals surface area contributed by atoms with E-state index in [2.05, 4.69) is 40.8 Å². The van der Waals surface area contributed by atoms with Gasteiger partial charge in [0.15, 0.2) is 0 Å². The molecular weight excluding hydrogens is 202 g/mol. The van der Waals surface area contributed by atoms with E-state index in [9.17, 15) is 0 Å². The first kappa shape index (κ1) is 8.72. The zero-order valence-corrected chi connectivity index (χ0v) is 8.64. The third-order valence-corrected chi connectivity index (χ3v) is 2.31. The molecule has 0 N–H and O–H groups in total. The first-order valence-electron chi connectivity index (χ1n) is 3.73. The van der Waals surface area contributed by atoms with Gasteiger partial charge in [0.1, 0.15) is 0 Å². The maximum absolute atomic E-state index is 4.17. The molecule has 0 aromatic carbocycles. The molecule has 0 saturated carbocycles. The predicted octanol–water partition coefficient (Wildman–Crippen LogP) is 3.28. The molecule has 1 aromatic heterocycles. The molecular formula is C9H12BrN. The second-order valence-electron chi connectivity index (χ2n) is 3.00. The molecule has 0 amide bonds. The lowest BCUT2D eigenvalue weighted by molar-refractivity contribution is 0.852. The van der Waals surface area contributed by atoms with Crippen LogP contribution >= 0.6 is 15.9 Å². The van der Waals surface area contributed by atoms with E-state index in [0.717, 1.165) is 10.2 Å². The maximum atomic E-state index is 4.17. The van der Waals surface area contributed by atoms with Crippen molar-refractivity contribution in [1.29, 1.82) is 0 Å². The van der Waals surface area contributed by atoms with Crippen LogP contribution in [0.5, 0.6) is 0 Å². The molecule has 2 heteroatoms. The van der Waals surface area contributed by atoms with Crippen molar-refractivity contribution in [3.63, 3.8) is 0 Å². The van der Waals surface area contributed by atoms with Gasteiger partial charge in [0.05, 0.1) is 0 Å². The van der Waals surface area contributed by atoms with Crippen LogP contribution in [0.4, 0.5) is 0 Å². The molecule has 0 fully saturated rings. The van der Waals surface area contributed by atoms with Crippen LogP contribution in [-0.2, 0) is 0 Å². The molecule has 0 aliphatic heterocycles. The second-order valence-corrected chi connectivity index (χ2v) is 3.86. The van der Waals surface area contributed by atoms with Gasteiger partial charge in [-0.15, -0.1) is 0 Å². The summed E-state index contributed by atoms with van der Waals surface area (Å²) < 4.78 is 1.11. The van der Waals surface area contributed by atoms with Crippen molar-refractivity contribution in [2.75, 3.05) is 0 Å². The van der Waals surface area contributed by atoms with Gasteiger partial charge in [-0.3, -0.25) is 4.98 Å². The van der Waals surface area contributed by atoms with Crippen LogP contribution in [0.3, 0.4) is 0 Å². The normalized spacial score (nSPS) is 10.6. The van der Waals surface area contributed by atoms with Gasteiger partial charge in [-0.1, -0.05) is 13.8 Å². The molecule has 11 heavy (non-hydrogen) atoms. The summed E-state index contributed by atoms with van der Waals surface area (Å²) in [5, 5.41) is 0. The van der Waals surface area contributed by atoms with Gasteiger partial charge in [-0.25, -0.2) is 0 Å². The summed E-state index contributed by atoms with van der Waals surface area (Å²) in [6.45, 7) is 6.37. The average Bonchev–Trinajstić information content (AvgIpc) is 1.94. The van der Waals surface area contributed by atoms with Gasteiger partial charge in [-0.05, 0) is 40.4 Å². The van der Waals surface area contributed by atoms with Crippen molar-refractivity contribution in [2.24, 2.45) is 0 Å². The number of aromatic nitrogens is 1. The van der Waals surface area contributed by atoms with Crippen molar-refractivity contribution in [2.45, 2.75) is 26.7 Å². The monoisotopic (exact) mass is 213 g/mol. The van der Waals surface area contributed by atoms with Crippen LogP contribution < -0.4 is 0 Å². The first-order chi connectivity index (χ1) is 5.11. The Labute approximate surface area is 76.0 Å². The highest BCUT2D eigenvalue weighted by molar-refractivity contribution is 9.10. The summed E-state index contributed by atoms with van der Waals surface area (Å²) in [6, 6.07) is 2.12. The van der Waals surface area contributed by atoms with Crippen molar-refractivity contribution < 1.29 is 0 Å². The van der Waals surface area contributed by atoms with Gasteiger partial charge in [-0.2, -0.15) is 0 Å². The molecule has 0 atom stereocenters. The number of rotatable bonds is 1. The Morgan fingerprint density at radius 1 is 1.45 bits per heavy atom. The molecule has 0 radical (unpaired) electrons. The van der Waals surface area contributed by atoms with Crippen molar-refractivity contribution in [1.82, 2.24) is 4.98 Å². The quantitative estimate of drug-likeness (QED) is 0.699. The molecule has 0 spiro atoms. The van der Waals surface area contributed by atoms with Crippen LogP contribution in [0.15, 0.2) is 16.7 Å².